The second-order valence-corrected chi connectivity index (χ2v) is 7.32. The van der Waals surface area contributed by atoms with Crippen molar-refractivity contribution in [1.82, 2.24) is 15.3 Å². The Hall–Kier alpha value is -2.77. The Morgan fingerprint density at radius 3 is 2.88 bits per heavy atom. The van der Waals surface area contributed by atoms with Crippen molar-refractivity contribution in [2.75, 3.05) is 7.11 Å². The largest absolute Gasteiger partial charge is 0.496 e. The van der Waals surface area contributed by atoms with Gasteiger partial charge in [-0.1, -0.05) is 30.0 Å². The summed E-state index contributed by atoms with van der Waals surface area (Å²) in [4.78, 5) is 21.1. The summed E-state index contributed by atoms with van der Waals surface area (Å²) in [5, 5.41) is 3.57. The van der Waals surface area contributed by atoms with Gasteiger partial charge in [-0.2, -0.15) is 0 Å². The first-order valence-electron chi connectivity index (χ1n) is 7.77. The molecule has 0 radical (unpaired) electrons. The zero-order chi connectivity index (χ0) is 18.1. The van der Waals surface area contributed by atoms with Crippen molar-refractivity contribution >= 4 is 51.2 Å². The molecule has 1 aromatic carbocycles. The molecule has 3 heterocycles. The number of aromatic nitrogens is 2. The molecule has 1 saturated heterocycles. The van der Waals surface area contributed by atoms with E-state index in [0.717, 1.165) is 33.3 Å². The number of pyridine rings is 2. The Bertz CT molecular complexity index is 1080. The Morgan fingerprint density at radius 2 is 2.12 bits per heavy atom. The van der Waals surface area contributed by atoms with Crippen LogP contribution < -0.4 is 10.1 Å². The van der Waals surface area contributed by atoms with E-state index in [-0.39, 0.29) is 5.91 Å². The van der Waals surface area contributed by atoms with E-state index in [9.17, 15) is 4.79 Å². The van der Waals surface area contributed by atoms with E-state index in [2.05, 4.69) is 15.3 Å². The quantitative estimate of drug-likeness (QED) is 0.552. The van der Waals surface area contributed by atoms with Crippen molar-refractivity contribution in [2.24, 2.45) is 0 Å². The average Bonchev–Trinajstić information content (AvgIpc) is 2.98. The fourth-order valence-electron chi connectivity index (χ4n) is 2.73. The second kappa shape index (κ2) is 6.86. The van der Waals surface area contributed by atoms with Gasteiger partial charge in [0.2, 0.25) is 0 Å². The number of ether oxygens (including phenoxy) is 1. The number of hydrogen-bond acceptors (Lipinski definition) is 6. The molecule has 5 nitrogen and oxygen atoms in total. The molecule has 4 rings (SSSR count). The smallest absolute Gasteiger partial charge is 0.263 e. The maximum Gasteiger partial charge on any atom is 0.263 e. The molecular weight excluding hydrogens is 366 g/mol. The summed E-state index contributed by atoms with van der Waals surface area (Å²) in [5.41, 5.74) is 3.58. The van der Waals surface area contributed by atoms with Crippen molar-refractivity contribution in [3.8, 4) is 16.9 Å². The number of rotatable bonds is 3. The molecule has 1 amide bonds. The molecule has 7 heteroatoms. The molecule has 0 aliphatic carbocycles. The summed E-state index contributed by atoms with van der Waals surface area (Å²) in [5.74, 6) is 0.562. The standard InChI is InChI=1S/C19H13N3O2S2/c1-24-16-3-2-11(7-17-18(23)22-19(25)26-17)6-14(16)12-8-13-9-20-5-4-15(13)21-10-12/h2-10H,1H3,(H,22,23,25). The zero-order valence-corrected chi connectivity index (χ0v) is 15.4. The molecular formula is C19H13N3O2S2. The molecule has 128 valence electrons. The minimum Gasteiger partial charge on any atom is -0.496 e. The van der Waals surface area contributed by atoms with Gasteiger partial charge in [0.15, 0.2) is 0 Å². The van der Waals surface area contributed by atoms with E-state index < -0.39 is 0 Å². The number of fused-ring (bicyclic) bond motifs is 1. The third-order valence-electron chi connectivity index (χ3n) is 3.96. The van der Waals surface area contributed by atoms with Gasteiger partial charge in [-0.25, -0.2) is 0 Å². The molecule has 1 N–H and O–H groups in total. The summed E-state index contributed by atoms with van der Waals surface area (Å²) in [6.45, 7) is 0. The molecule has 1 aliphatic heterocycles. The van der Waals surface area contributed by atoms with Crippen LogP contribution in [0.3, 0.4) is 0 Å². The lowest BCUT2D eigenvalue weighted by atomic mass is 10.0. The van der Waals surface area contributed by atoms with Crippen molar-refractivity contribution in [1.29, 1.82) is 0 Å². The average molecular weight is 379 g/mol. The minimum absolute atomic E-state index is 0.171. The van der Waals surface area contributed by atoms with Gasteiger partial charge in [0.1, 0.15) is 10.1 Å². The first-order chi connectivity index (χ1) is 12.6. The lowest BCUT2D eigenvalue weighted by molar-refractivity contribution is -0.115. The summed E-state index contributed by atoms with van der Waals surface area (Å²) in [6.07, 6.45) is 7.13. The van der Waals surface area contributed by atoms with Crippen LogP contribution in [0.25, 0.3) is 28.1 Å². The maximum atomic E-state index is 11.9. The van der Waals surface area contributed by atoms with E-state index in [4.69, 9.17) is 17.0 Å². The predicted octanol–water partition coefficient (Wildman–Crippen LogP) is 3.79. The molecule has 0 bridgehead atoms. The number of methoxy groups -OCH3 is 1. The topological polar surface area (TPSA) is 64.1 Å². The number of benzene rings is 1. The Labute approximate surface area is 159 Å². The van der Waals surface area contributed by atoms with Crippen molar-refractivity contribution in [3.05, 3.63) is 59.4 Å². The van der Waals surface area contributed by atoms with Crippen LogP contribution in [-0.2, 0) is 4.79 Å². The number of nitrogens with zero attached hydrogens (tertiary/aromatic N) is 2. The van der Waals surface area contributed by atoms with Gasteiger partial charge >= 0.3 is 0 Å². The minimum atomic E-state index is -0.171. The fourth-order valence-corrected chi connectivity index (χ4v) is 3.78. The molecule has 26 heavy (non-hydrogen) atoms. The normalized spacial score (nSPS) is 15.5. The van der Waals surface area contributed by atoms with Crippen LogP contribution >= 0.6 is 24.0 Å². The first-order valence-corrected chi connectivity index (χ1v) is 8.99. The predicted molar refractivity (Wildman–Crippen MR) is 108 cm³/mol. The first kappa shape index (κ1) is 16.7. The highest BCUT2D eigenvalue weighted by molar-refractivity contribution is 8.26. The van der Waals surface area contributed by atoms with Crippen molar-refractivity contribution < 1.29 is 9.53 Å². The number of hydrogen-bond donors (Lipinski definition) is 1. The van der Waals surface area contributed by atoms with Crippen molar-refractivity contribution in [3.63, 3.8) is 0 Å². The molecule has 0 spiro atoms. The lowest BCUT2D eigenvalue weighted by Crippen LogP contribution is -2.17. The van der Waals surface area contributed by atoms with Crippen LogP contribution in [0.2, 0.25) is 0 Å². The summed E-state index contributed by atoms with van der Waals surface area (Å²) < 4.78 is 5.98. The summed E-state index contributed by atoms with van der Waals surface area (Å²) >= 11 is 6.29. The van der Waals surface area contributed by atoms with Gasteiger partial charge < -0.3 is 10.1 Å². The van der Waals surface area contributed by atoms with Gasteiger partial charge in [0.05, 0.1) is 17.5 Å². The molecule has 0 atom stereocenters. The Balaban J connectivity index is 1.80. The molecule has 2 aromatic heterocycles. The van der Waals surface area contributed by atoms with E-state index in [0.29, 0.717) is 9.23 Å². The third kappa shape index (κ3) is 3.18. The zero-order valence-electron chi connectivity index (χ0n) is 13.7. The van der Waals surface area contributed by atoms with Crippen LogP contribution in [0.5, 0.6) is 5.75 Å². The van der Waals surface area contributed by atoms with E-state index in [1.165, 1.54) is 11.8 Å². The van der Waals surface area contributed by atoms with Crippen LogP contribution in [0.4, 0.5) is 0 Å². The summed E-state index contributed by atoms with van der Waals surface area (Å²) in [7, 11) is 1.63. The van der Waals surface area contributed by atoms with Gasteiger partial charge in [0, 0.05) is 35.1 Å². The van der Waals surface area contributed by atoms with Gasteiger partial charge in [-0.3, -0.25) is 14.8 Å². The van der Waals surface area contributed by atoms with Crippen LogP contribution in [0.1, 0.15) is 5.56 Å². The number of thiocarbonyl (C=S) groups is 1. The van der Waals surface area contributed by atoms with Crippen molar-refractivity contribution in [2.45, 2.75) is 0 Å². The molecule has 1 aliphatic rings. The van der Waals surface area contributed by atoms with Gasteiger partial charge in [0.25, 0.3) is 5.91 Å². The van der Waals surface area contributed by atoms with Crippen LogP contribution in [0, 0.1) is 0 Å². The monoisotopic (exact) mass is 379 g/mol. The fraction of sp³-hybridized carbons (Fsp3) is 0.0526. The highest BCUT2D eigenvalue weighted by atomic mass is 32.2. The highest BCUT2D eigenvalue weighted by Crippen LogP contribution is 2.34. The molecule has 0 unspecified atom stereocenters. The van der Waals surface area contributed by atoms with Crippen LogP contribution in [0.15, 0.2) is 53.8 Å². The van der Waals surface area contributed by atoms with E-state index in [1.807, 2.05) is 42.6 Å². The lowest BCUT2D eigenvalue weighted by Gasteiger charge is -2.10. The highest BCUT2D eigenvalue weighted by Gasteiger charge is 2.22. The number of nitrogens with one attached hydrogen (secondary N) is 1. The third-order valence-corrected chi connectivity index (χ3v) is 5.12. The van der Waals surface area contributed by atoms with Gasteiger partial charge in [-0.05, 0) is 35.9 Å². The second-order valence-electron chi connectivity index (χ2n) is 5.60. The molecule has 1 fully saturated rings. The maximum absolute atomic E-state index is 11.9. The Kier molecular flexibility index (Phi) is 4.40. The van der Waals surface area contributed by atoms with E-state index >= 15 is 0 Å². The SMILES string of the molecule is COc1ccc(C=C2SC(=S)NC2=O)cc1-c1cnc2ccncc2c1. The number of carbonyl (C=O) groups is 1. The van der Waals surface area contributed by atoms with Crippen LogP contribution in [-0.4, -0.2) is 27.3 Å². The number of thioether (sulfide) groups is 1. The van der Waals surface area contributed by atoms with E-state index in [1.54, 1.807) is 19.5 Å². The Morgan fingerprint density at radius 1 is 1.23 bits per heavy atom. The van der Waals surface area contributed by atoms with Gasteiger partial charge in [-0.15, -0.1) is 0 Å². The summed E-state index contributed by atoms with van der Waals surface area (Å²) in [6, 6.07) is 9.65. The number of amides is 1. The molecule has 3 aromatic rings. The number of carbonyl (C=O) groups excluding carboxylic acids is 1. The molecule has 0 saturated carbocycles.